The largest absolute Gasteiger partial charge is 0.439 e. The molecule has 1 aliphatic rings. The van der Waals surface area contributed by atoms with E-state index in [-0.39, 0.29) is 5.82 Å². The van der Waals surface area contributed by atoms with E-state index in [0.717, 1.165) is 56.3 Å². The quantitative estimate of drug-likeness (QED) is 0.431. The summed E-state index contributed by atoms with van der Waals surface area (Å²) in [6.07, 6.45) is 1.83. The second-order valence-corrected chi connectivity index (χ2v) is 8.51. The Kier molecular flexibility index (Phi) is 6.42. The van der Waals surface area contributed by atoms with Crippen LogP contribution in [0.4, 0.5) is 10.2 Å². The van der Waals surface area contributed by atoms with Crippen LogP contribution >= 0.6 is 0 Å². The maximum Gasteiger partial charge on any atom is 0.224 e. The van der Waals surface area contributed by atoms with Gasteiger partial charge in [0.2, 0.25) is 5.88 Å². The molecule has 0 amide bonds. The summed E-state index contributed by atoms with van der Waals surface area (Å²) in [6, 6.07) is 14.1. The van der Waals surface area contributed by atoms with Crippen molar-refractivity contribution < 1.29 is 13.9 Å². The first-order chi connectivity index (χ1) is 16.6. The molecule has 3 heterocycles. The van der Waals surface area contributed by atoms with Crippen LogP contribution in [0.1, 0.15) is 11.1 Å². The molecule has 5 rings (SSSR count). The fourth-order valence-corrected chi connectivity index (χ4v) is 4.02. The Labute approximate surface area is 198 Å². The molecule has 2 aromatic carbocycles. The van der Waals surface area contributed by atoms with E-state index in [1.54, 1.807) is 16.6 Å². The summed E-state index contributed by atoms with van der Waals surface area (Å²) in [5.41, 5.74) is 5.10. The summed E-state index contributed by atoms with van der Waals surface area (Å²) >= 11 is 0. The third kappa shape index (κ3) is 4.88. The van der Waals surface area contributed by atoms with Crippen LogP contribution in [-0.2, 0) is 4.74 Å². The molecule has 7 nitrogen and oxygen atoms in total. The van der Waals surface area contributed by atoms with Crippen LogP contribution in [0.5, 0.6) is 11.6 Å². The molecule has 8 heteroatoms. The van der Waals surface area contributed by atoms with Crippen molar-refractivity contribution in [3.05, 3.63) is 71.7 Å². The van der Waals surface area contributed by atoms with E-state index in [1.165, 1.54) is 23.3 Å². The molecule has 0 saturated carbocycles. The zero-order valence-corrected chi connectivity index (χ0v) is 19.4. The number of anilines is 1. The SMILES string of the molecule is Cc1ccc(-c2cnn3c(NCCN4CCOCC4)cc(Oc4ccc(F)cc4)nc23)cc1C. The number of nitrogens with zero attached hydrogens (tertiary/aromatic N) is 4. The minimum atomic E-state index is -0.311. The Morgan fingerprint density at radius 1 is 1.03 bits per heavy atom. The van der Waals surface area contributed by atoms with Crippen LogP contribution in [0.25, 0.3) is 16.8 Å². The third-order valence-electron chi connectivity index (χ3n) is 6.14. The van der Waals surface area contributed by atoms with Crippen molar-refractivity contribution in [3.8, 4) is 22.8 Å². The topological polar surface area (TPSA) is 63.9 Å². The van der Waals surface area contributed by atoms with Gasteiger partial charge >= 0.3 is 0 Å². The zero-order chi connectivity index (χ0) is 23.5. The van der Waals surface area contributed by atoms with Crippen molar-refractivity contribution in [2.45, 2.75) is 13.8 Å². The van der Waals surface area contributed by atoms with E-state index < -0.39 is 0 Å². The molecular weight excluding hydrogens is 433 g/mol. The number of hydrogen-bond donors (Lipinski definition) is 1. The van der Waals surface area contributed by atoms with Gasteiger partial charge in [-0.2, -0.15) is 14.6 Å². The standard InChI is InChI=1S/C26H28FN5O2/c1-18-3-4-20(15-19(18)2)23-17-29-32-24(28-9-10-31-11-13-33-14-12-31)16-25(30-26(23)32)34-22-7-5-21(27)6-8-22/h3-8,15-17,28H,9-14H2,1-2H3. The minimum absolute atomic E-state index is 0.311. The van der Waals surface area contributed by atoms with Crippen molar-refractivity contribution in [3.63, 3.8) is 0 Å². The Morgan fingerprint density at radius 3 is 2.59 bits per heavy atom. The van der Waals surface area contributed by atoms with Crippen molar-refractivity contribution in [1.82, 2.24) is 19.5 Å². The van der Waals surface area contributed by atoms with Crippen LogP contribution < -0.4 is 10.1 Å². The zero-order valence-electron chi connectivity index (χ0n) is 19.4. The lowest BCUT2D eigenvalue weighted by molar-refractivity contribution is 0.0398. The van der Waals surface area contributed by atoms with Crippen molar-refractivity contribution >= 4 is 11.5 Å². The second kappa shape index (κ2) is 9.79. The number of aromatic nitrogens is 3. The molecule has 0 spiro atoms. The average Bonchev–Trinajstić information content (AvgIpc) is 3.27. The molecule has 0 atom stereocenters. The number of hydrogen-bond acceptors (Lipinski definition) is 6. The van der Waals surface area contributed by atoms with E-state index in [9.17, 15) is 4.39 Å². The monoisotopic (exact) mass is 461 g/mol. The van der Waals surface area contributed by atoms with Gasteiger partial charge in [0.25, 0.3) is 0 Å². The number of nitrogens with one attached hydrogen (secondary N) is 1. The van der Waals surface area contributed by atoms with Gasteiger partial charge in [0.15, 0.2) is 5.65 Å². The number of morpholine rings is 1. The molecule has 0 bridgehead atoms. The smallest absolute Gasteiger partial charge is 0.224 e. The first kappa shape index (κ1) is 22.3. The summed E-state index contributed by atoms with van der Waals surface area (Å²) in [7, 11) is 0. The number of benzene rings is 2. The average molecular weight is 462 g/mol. The van der Waals surface area contributed by atoms with E-state index in [2.05, 4.69) is 47.4 Å². The summed E-state index contributed by atoms with van der Waals surface area (Å²) < 4.78 is 26.6. The number of fused-ring (bicyclic) bond motifs is 1. The molecule has 0 unspecified atom stereocenters. The summed E-state index contributed by atoms with van der Waals surface area (Å²) in [6.45, 7) is 9.25. The van der Waals surface area contributed by atoms with Gasteiger partial charge in [-0.3, -0.25) is 4.90 Å². The molecule has 1 fully saturated rings. The molecule has 1 N–H and O–H groups in total. The van der Waals surface area contributed by atoms with Gasteiger partial charge in [-0.1, -0.05) is 18.2 Å². The van der Waals surface area contributed by atoms with Gasteiger partial charge in [-0.25, -0.2) is 4.39 Å². The van der Waals surface area contributed by atoms with Gasteiger partial charge in [-0.05, 0) is 54.8 Å². The van der Waals surface area contributed by atoms with Gasteiger partial charge < -0.3 is 14.8 Å². The lowest BCUT2D eigenvalue weighted by Crippen LogP contribution is -2.39. The maximum absolute atomic E-state index is 13.3. The summed E-state index contributed by atoms with van der Waals surface area (Å²) in [5.74, 6) is 1.41. The summed E-state index contributed by atoms with van der Waals surface area (Å²) in [5, 5.41) is 8.12. The lowest BCUT2D eigenvalue weighted by atomic mass is 10.0. The van der Waals surface area contributed by atoms with E-state index in [1.807, 2.05) is 12.3 Å². The van der Waals surface area contributed by atoms with Gasteiger partial charge in [-0.15, -0.1) is 0 Å². The van der Waals surface area contributed by atoms with E-state index in [0.29, 0.717) is 17.3 Å². The Morgan fingerprint density at radius 2 is 1.82 bits per heavy atom. The Bertz CT molecular complexity index is 1280. The number of rotatable bonds is 7. The summed E-state index contributed by atoms with van der Waals surface area (Å²) in [4.78, 5) is 7.13. The van der Waals surface area contributed by atoms with E-state index >= 15 is 0 Å². The molecule has 176 valence electrons. The van der Waals surface area contributed by atoms with Crippen molar-refractivity contribution in [2.75, 3.05) is 44.7 Å². The Hall–Kier alpha value is -3.49. The molecular formula is C26H28FN5O2. The van der Waals surface area contributed by atoms with Crippen LogP contribution in [0, 0.1) is 19.7 Å². The highest BCUT2D eigenvalue weighted by Crippen LogP contribution is 2.30. The fourth-order valence-electron chi connectivity index (χ4n) is 4.02. The predicted molar refractivity (Wildman–Crippen MR) is 130 cm³/mol. The highest BCUT2D eigenvalue weighted by Gasteiger charge is 2.16. The second-order valence-electron chi connectivity index (χ2n) is 8.51. The van der Waals surface area contributed by atoms with Crippen molar-refractivity contribution in [2.24, 2.45) is 0 Å². The maximum atomic E-state index is 13.3. The highest BCUT2D eigenvalue weighted by atomic mass is 19.1. The highest BCUT2D eigenvalue weighted by molar-refractivity contribution is 5.79. The minimum Gasteiger partial charge on any atom is -0.439 e. The molecule has 34 heavy (non-hydrogen) atoms. The predicted octanol–water partition coefficient (Wildman–Crippen LogP) is 4.69. The first-order valence-electron chi connectivity index (χ1n) is 11.5. The first-order valence-corrected chi connectivity index (χ1v) is 11.5. The molecule has 2 aromatic heterocycles. The molecule has 4 aromatic rings. The van der Waals surface area contributed by atoms with Gasteiger partial charge in [0.1, 0.15) is 17.4 Å². The molecule has 1 saturated heterocycles. The Balaban J connectivity index is 1.48. The molecule has 0 aliphatic carbocycles. The van der Waals surface area contributed by atoms with Crippen molar-refractivity contribution in [1.29, 1.82) is 0 Å². The molecule has 0 radical (unpaired) electrons. The van der Waals surface area contributed by atoms with Crippen LogP contribution in [0.3, 0.4) is 0 Å². The third-order valence-corrected chi connectivity index (χ3v) is 6.14. The van der Waals surface area contributed by atoms with Gasteiger partial charge in [0.05, 0.1) is 19.4 Å². The van der Waals surface area contributed by atoms with Crippen LogP contribution in [0.15, 0.2) is 54.7 Å². The van der Waals surface area contributed by atoms with Gasteiger partial charge in [0, 0.05) is 37.8 Å². The number of halogens is 1. The van der Waals surface area contributed by atoms with Crippen LogP contribution in [0.2, 0.25) is 0 Å². The van der Waals surface area contributed by atoms with Crippen LogP contribution in [-0.4, -0.2) is 58.9 Å². The normalized spacial score (nSPS) is 14.4. The number of aryl methyl sites for hydroxylation is 2. The fraction of sp³-hybridized carbons (Fsp3) is 0.308. The van der Waals surface area contributed by atoms with E-state index in [4.69, 9.17) is 14.5 Å². The molecule has 1 aliphatic heterocycles. The lowest BCUT2D eigenvalue weighted by Gasteiger charge is -2.26. The number of ether oxygens (including phenoxy) is 2.